The van der Waals surface area contributed by atoms with Gasteiger partial charge in [-0.25, -0.2) is 4.39 Å². The molecule has 0 radical (unpaired) electrons. The van der Waals surface area contributed by atoms with E-state index in [2.05, 4.69) is 26.0 Å². The second kappa shape index (κ2) is 3.88. The van der Waals surface area contributed by atoms with Gasteiger partial charge in [0.25, 0.3) is 0 Å². The largest absolute Gasteiger partial charge is 0.267 e. The number of hydrogen-bond acceptors (Lipinski definition) is 2. The highest BCUT2D eigenvalue weighted by Crippen LogP contribution is 2.08. The smallest absolute Gasteiger partial charge is 0.141 e. The molecule has 0 aliphatic rings. The topological polar surface area (TPSA) is 30.7 Å². The molecule has 0 aliphatic carbocycles. The molecule has 0 aromatic carbocycles. The molecule has 0 amide bonds. The van der Waals surface area contributed by atoms with E-state index < -0.39 is 0 Å². The Morgan fingerprint density at radius 2 is 2.21 bits per heavy atom. The van der Waals surface area contributed by atoms with Crippen LogP contribution in [0, 0.1) is 5.82 Å². The molecular formula is C9H7BrFN3. The quantitative estimate of drug-likeness (QED) is 0.824. The fourth-order valence-corrected chi connectivity index (χ4v) is 1.48. The first-order valence-electron chi connectivity index (χ1n) is 4.01. The van der Waals surface area contributed by atoms with E-state index in [4.69, 9.17) is 0 Å². The van der Waals surface area contributed by atoms with Gasteiger partial charge in [-0.3, -0.25) is 9.67 Å². The zero-order chi connectivity index (χ0) is 9.97. The molecule has 2 aromatic heterocycles. The lowest BCUT2D eigenvalue weighted by Crippen LogP contribution is -2.00. The number of aromatic nitrogens is 3. The molecule has 0 unspecified atom stereocenters. The zero-order valence-electron chi connectivity index (χ0n) is 7.19. The van der Waals surface area contributed by atoms with Crippen molar-refractivity contribution in [3.05, 3.63) is 46.7 Å². The lowest BCUT2D eigenvalue weighted by Gasteiger charge is -2.00. The van der Waals surface area contributed by atoms with E-state index in [1.165, 1.54) is 12.3 Å². The third kappa shape index (κ3) is 2.17. The Morgan fingerprint density at radius 1 is 1.36 bits per heavy atom. The third-order valence-electron chi connectivity index (χ3n) is 1.71. The summed E-state index contributed by atoms with van der Waals surface area (Å²) < 4.78 is 15.4. The standard InChI is InChI=1S/C9H7BrFN3/c10-8-3-13-14(6-8)5-7-1-9(11)4-12-2-7/h1-4,6H,5H2. The van der Waals surface area contributed by atoms with Gasteiger partial charge in [0.05, 0.1) is 23.4 Å². The first-order chi connectivity index (χ1) is 6.74. The molecule has 2 aromatic rings. The van der Waals surface area contributed by atoms with Crippen LogP contribution in [0.25, 0.3) is 0 Å². The van der Waals surface area contributed by atoms with Gasteiger partial charge in [-0.1, -0.05) is 0 Å². The summed E-state index contributed by atoms with van der Waals surface area (Å²) >= 11 is 3.29. The number of nitrogens with zero attached hydrogens (tertiary/aromatic N) is 3. The van der Waals surface area contributed by atoms with Crippen LogP contribution in [0.5, 0.6) is 0 Å². The second-order valence-electron chi connectivity index (χ2n) is 2.87. The van der Waals surface area contributed by atoms with Gasteiger partial charge in [-0.2, -0.15) is 5.10 Å². The van der Waals surface area contributed by atoms with Crippen LogP contribution < -0.4 is 0 Å². The Morgan fingerprint density at radius 3 is 2.86 bits per heavy atom. The summed E-state index contributed by atoms with van der Waals surface area (Å²) in [6.07, 6.45) is 6.32. The molecule has 0 N–H and O–H groups in total. The maximum Gasteiger partial charge on any atom is 0.141 e. The Labute approximate surface area is 88.7 Å². The highest BCUT2D eigenvalue weighted by molar-refractivity contribution is 9.10. The van der Waals surface area contributed by atoms with Crippen molar-refractivity contribution < 1.29 is 4.39 Å². The first kappa shape index (κ1) is 9.33. The number of pyridine rings is 1. The van der Waals surface area contributed by atoms with Gasteiger partial charge in [0.1, 0.15) is 5.82 Å². The number of rotatable bonds is 2. The van der Waals surface area contributed by atoms with Gasteiger partial charge in [-0.05, 0) is 27.6 Å². The van der Waals surface area contributed by atoms with Crippen LogP contribution >= 0.6 is 15.9 Å². The molecule has 0 fully saturated rings. The normalized spacial score (nSPS) is 10.4. The van der Waals surface area contributed by atoms with Crippen LogP contribution in [-0.4, -0.2) is 14.8 Å². The highest BCUT2D eigenvalue weighted by atomic mass is 79.9. The molecule has 2 heterocycles. The maximum atomic E-state index is 12.8. The number of hydrogen-bond donors (Lipinski definition) is 0. The molecule has 0 saturated heterocycles. The molecule has 0 aliphatic heterocycles. The van der Waals surface area contributed by atoms with Crippen LogP contribution in [0.15, 0.2) is 35.3 Å². The Hall–Kier alpha value is -1.23. The molecule has 0 bridgehead atoms. The van der Waals surface area contributed by atoms with Crippen LogP contribution in [0.3, 0.4) is 0 Å². The van der Waals surface area contributed by atoms with Gasteiger partial charge in [0, 0.05) is 12.4 Å². The van der Waals surface area contributed by atoms with E-state index in [1.54, 1.807) is 17.1 Å². The average Bonchev–Trinajstić information content (AvgIpc) is 2.51. The monoisotopic (exact) mass is 255 g/mol. The molecule has 72 valence electrons. The van der Waals surface area contributed by atoms with Gasteiger partial charge in [0.2, 0.25) is 0 Å². The summed E-state index contributed by atoms with van der Waals surface area (Å²) in [6.45, 7) is 0.524. The SMILES string of the molecule is Fc1cncc(Cn2cc(Br)cn2)c1. The minimum Gasteiger partial charge on any atom is -0.267 e. The van der Waals surface area contributed by atoms with Crippen LogP contribution in [-0.2, 0) is 6.54 Å². The summed E-state index contributed by atoms with van der Waals surface area (Å²) in [5.74, 6) is -0.325. The Balaban J connectivity index is 2.18. The van der Waals surface area contributed by atoms with Crippen molar-refractivity contribution >= 4 is 15.9 Å². The minimum atomic E-state index is -0.325. The lowest BCUT2D eigenvalue weighted by molar-refractivity contribution is 0.611. The molecule has 2 rings (SSSR count). The summed E-state index contributed by atoms with van der Waals surface area (Å²) in [6, 6.07) is 1.45. The van der Waals surface area contributed by atoms with Crippen molar-refractivity contribution in [2.45, 2.75) is 6.54 Å². The molecule has 3 nitrogen and oxygen atoms in total. The van der Waals surface area contributed by atoms with Gasteiger partial charge in [0.15, 0.2) is 0 Å². The first-order valence-corrected chi connectivity index (χ1v) is 4.81. The van der Waals surface area contributed by atoms with E-state index in [0.717, 1.165) is 10.0 Å². The zero-order valence-corrected chi connectivity index (χ0v) is 8.78. The van der Waals surface area contributed by atoms with Crippen LogP contribution in [0.2, 0.25) is 0 Å². The summed E-state index contributed by atoms with van der Waals surface area (Å²) in [5.41, 5.74) is 0.792. The second-order valence-corrected chi connectivity index (χ2v) is 3.78. The van der Waals surface area contributed by atoms with Crippen LogP contribution in [0.1, 0.15) is 5.56 Å². The fourth-order valence-electron chi connectivity index (χ4n) is 1.15. The molecule has 14 heavy (non-hydrogen) atoms. The molecule has 0 spiro atoms. The van der Waals surface area contributed by atoms with Crippen molar-refractivity contribution in [2.75, 3.05) is 0 Å². The fraction of sp³-hybridized carbons (Fsp3) is 0.111. The molecule has 5 heteroatoms. The molecular weight excluding hydrogens is 249 g/mol. The maximum absolute atomic E-state index is 12.8. The van der Waals surface area contributed by atoms with E-state index >= 15 is 0 Å². The predicted molar refractivity (Wildman–Crippen MR) is 53.2 cm³/mol. The van der Waals surface area contributed by atoms with Gasteiger partial charge in [-0.15, -0.1) is 0 Å². The van der Waals surface area contributed by atoms with E-state index in [9.17, 15) is 4.39 Å². The van der Waals surface area contributed by atoms with Gasteiger partial charge < -0.3 is 0 Å². The van der Waals surface area contributed by atoms with E-state index in [0.29, 0.717) is 6.54 Å². The van der Waals surface area contributed by atoms with Crippen molar-refractivity contribution in [1.82, 2.24) is 14.8 Å². The highest BCUT2D eigenvalue weighted by Gasteiger charge is 1.99. The van der Waals surface area contributed by atoms with Gasteiger partial charge >= 0.3 is 0 Å². The van der Waals surface area contributed by atoms with E-state index in [1.807, 2.05) is 6.20 Å². The van der Waals surface area contributed by atoms with Crippen molar-refractivity contribution in [2.24, 2.45) is 0 Å². The van der Waals surface area contributed by atoms with Crippen molar-refractivity contribution in [1.29, 1.82) is 0 Å². The predicted octanol–water partition coefficient (Wildman–Crippen LogP) is 2.23. The number of halogens is 2. The van der Waals surface area contributed by atoms with E-state index in [-0.39, 0.29) is 5.82 Å². The Bertz CT molecular complexity index is 441. The Kier molecular flexibility index (Phi) is 2.58. The molecule has 0 saturated carbocycles. The minimum absolute atomic E-state index is 0.325. The van der Waals surface area contributed by atoms with Crippen molar-refractivity contribution in [3.63, 3.8) is 0 Å². The average molecular weight is 256 g/mol. The molecule has 0 atom stereocenters. The summed E-state index contributed by atoms with van der Waals surface area (Å²) in [5, 5.41) is 4.06. The third-order valence-corrected chi connectivity index (χ3v) is 2.12. The summed E-state index contributed by atoms with van der Waals surface area (Å²) in [7, 11) is 0. The van der Waals surface area contributed by atoms with Crippen LogP contribution in [0.4, 0.5) is 4.39 Å². The van der Waals surface area contributed by atoms with Crippen molar-refractivity contribution in [3.8, 4) is 0 Å². The summed E-state index contributed by atoms with van der Waals surface area (Å²) in [4.78, 5) is 3.76. The lowest BCUT2D eigenvalue weighted by atomic mass is 10.3.